The number of amides is 2. The van der Waals surface area contributed by atoms with Gasteiger partial charge in [-0.1, -0.05) is 24.0 Å². The quantitative estimate of drug-likeness (QED) is 0.791. The monoisotopic (exact) mass is 326 g/mol. The van der Waals surface area contributed by atoms with Gasteiger partial charge in [0.1, 0.15) is 0 Å². The molecular weight excluding hydrogens is 308 g/mol. The van der Waals surface area contributed by atoms with E-state index < -0.39 is 6.10 Å². The Morgan fingerprint density at radius 1 is 1.30 bits per heavy atom. The summed E-state index contributed by atoms with van der Waals surface area (Å²) in [6.45, 7) is 1.07. The molecule has 2 heterocycles. The van der Waals surface area contributed by atoms with Crippen molar-refractivity contribution < 1.29 is 9.90 Å². The number of β-amino-alcohol motifs (C(OH)–C–C–N with tert-alkyl or cyclic N) is 1. The number of benzene rings is 1. The fourth-order valence-corrected chi connectivity index (χ4v) is 3.07. The molecular formula is C18H18N2O2S. The fraction of sp³-hybridized carbons (Fsp3) is 0.278. The van der Waals surface area contributed by atoms with Gasteiger partial charge in [0.25, 0.3) is 0 Å². The van der Waals surface area contributed by atoms with Crippen molar-refractivity contribution in [3.63, 3.8) is 0 Å². The van der Waals surface area contributed by atoms with Gasteiger partial charge in [-0.25, -0.2) is 4.79 Å². The van der Waals surface area contributed by atoms with Crippen molar-refractivity contribution >= 4 is 23.1 Å². The second-order valence-electron chi connectivity index (χ2n) is 5.48. The number of carbonyl (C=O) groups is 1. The largest absolute Gasteiger partial charge is 0.391 e. The minimum Gasteiger partial charge on any atom is -0.391 e. The first-order valence-corrected chi connectivity index (χ1v) is 8.48. The molecule has 0 spiro atoms. The average molecular weight is 326 g/mol. The van der Waals surface area contributed by atoms with Gasteiger partial charge in [-0.05, 0) is 42.5 Å². The first-order chi connectivity index (χ1) is 11.2. The SMILES string of the molecule is O=C(Nc1cccc(C#Cc2cccs2)c1)N1CCC[C@@H](O)C1. The summed E-state index contributed by atoms with van der Waals surface area (Å²) in [5, 5.41) is 14.5. The lowest BCUT2D eigenvalue weighted by Gasteiger charge is -2.30. The number of rotatable bonds is 1. The Labute approximate surface area is 139 Å². The van der Waals surface area contributed by atoms with Crippen LogP contribution in [-0.2, 0) is 0 Å². The molecule has 2 amide bonds. The van der Waals surface area contributed by atoms with Crippen LogP contribution < -0.4 is 5.32 Å². The molecule has 0 saturated carbocycles. The van der Waals surface area contributed by atoms with Crippen LogP contribution in [0.2, 0.25) is 0 Å². The van der Waals surface area contributed by atoms with E-state index in [1.165, 1.54) is 0 Å². The number of nitrogens with zero attached hydrogens (tertiary/aromatic N) is 1. The van der Waals surface area contributed by atoms with E-state index >= 15 is 0 Å². The van der Waals surface area contributed by atoms with Crippen LogP contribution in [0.1, 0.15) is 23.3 Å². The number of anilines is 1. The highest BCUT2D eigenvalue weighted by Crippen LogP contribution is 2.14. The zero-order valence-corrected chi connectivity index (χ0v) is 13.5. The van der Waals surface area contributed by atoms with Crippen molar-refractivity contribution in [1.82, 2.24) is 4.90 Å². The van der Waals surface area contributed by atoms with Gasteiger partial charge >= 0.3 is 6.03 Å². The first kappa shape index (κ1) is 15.6. The molecule has 1 atom stereocenters. The zero-order valence-electron chi connectivity index (χ0n) is 12.7. The van der Waals surface area contributed by atoms with Crippen LogP contribution in [0.5, 0.6) is 0 Å². The Morgan fingerprint density at radius 3 is 3.00 bits per heavy atom. The van der Waals surface area contributed by atoms with Crippen LogP contribution in [0.25, 0.3) is 0 Å². The van der Waals surface area contributed by atoms with Crippen LogP contribution in [-0.4, -0.2) is 35.2 Å². The standard InChI is InChI=1S/C18H18N2O2S/c21-16-6-2-10-20(13-16)18(22)19-15-5-1-4-14(12-15)8-9-17-7-3-11-23-17/h1,3-5,7,11-12,16,21H,2,6,10,13H2,(H,19,22)/t16-/m1/s1. The molecule has 23 heavy (non-hydrogen) atoms. The number of nitrogens with one attached hydrogen (secondary N) is 1. The molecule has 0 unspecified atom stereocenters. The Hall–Kier alpha value is -2.29. The lowest BCUT2D eigenvalue weighted by Crippen LogP contribution is -2.44. The molecule has 0 radical (unpaired) electrons. The van der Waals surface area contributed by atoms with Crippen LogP contribution in [0.3, 0.4) is 0 Å². The molecule has 1 fully saturated rings. The Kier molecular flexibility index (Phi) is 4.96. The number of thiophene rings is 1. The third kappa shape index (κ3) is 4.35. The number of hydrogen-bond donors (Lipinski definition) is 2. The summed E-state index contributed by atoms with van der Waals surface area (Å²) in [6, 6.07) is 11.3. The van der Waals surface area contributed by atoms with Crippen LogP contribution in [0.15, 0.2) is 41.8 Å². The third-order valence-corrected chi connectivity index (χ3v) is 4.43. The van der Waals surface area contributed by atoms with Crippen molar-refractivity contribution in [1.29, 1.82) is 0 Å². The summed E-state index contributed by atoms with van der Waals surface area (Å²) in [6.07, 6.45) is 1.18. The molecule has 3 rings (SSSR count). The number of aliphatic hydroxyl groups excluding tert-OH is 1. The maximum absolute atomic E-state index is 12.2. The number of carbonyl (C=O) groups excluding carboxylic acids is 1. The van der Waals surface area contributed by atoms with Gasteiger partial charge in [0.15, 0.2) is 0 Å². The Bertz CT molecular complexity index is 731. The highest BCUT2D eigenvalue weighted by molar-refractivity contribution is 7.10. The maximum atomic E-state index is 12.2. The molecule has 0 aliphatic carbocycles. The maximum Gasteiger partial charge on any atom is 0.321 e. The van der Waals surface area contributed by atoms with E-state index in [0.717, 1.165) is 23.3 Å². The van der Waals surface area contributed by atoms with Gasteiger partial charge in [0.05, 0.1) is 11.0 Å². The Balaban J connectivity index is 1.66. The number of hydrogen-bond acceptors (Lipinski definition) is 3. The predicted octanol–water partition coefficient (Wildman–Crippen LogP) is 3.14. The molecule has 4 nitrogen and oxygen atoms in total. The number of likely N-dealkylation sites (tertiary alicyclic amines) is 1. The summed E-state index contributed by atoms with van der Waals surface area (Å²) in [5.74, 6) is 6.21. The molecule has 1 aromatic carbocycles. The summed E-state index contributed by atoms with van der Waals surface area (Å²) in [4.78, 5) is 14.9. The molecule has 1 saturated heterocycles. The fourth-order valence-electron chi connectivity index (χ4n) is 2.50. The lowest BCUT2D eigenvalue weighted by atomic mass is 10.1. The van der Waals surface area contributed by atoms with Crippen LogP contribution >= 0.6 is 11.3 Å². The lowest BCUT2D eigenvalue weighted by molar-refractivity contribution is 0.0883. The van der Waals surface area contributed by atoms with Crippen molar-refractivity contribution in [3.8, 4) is 11.8 Å². The van der Waals surface area contributed by atoms with E-state index in [2.05, 4.69) is 17.2 Å². The molecule has 1 aliphatic heterocycles. The van der Waals surface area contributed by atoms with Crippen molar-refractivity contribution in [2.75, 3.05) is 18.4 Å². The second kappa shape index (κ2) is 7.32. The molecule has 1 aliphatic rings. The summed E-state index contributed by atoms with van der Waals surface area (Å²) < 4.78 is 0. The first-order valence-electron chi connectivity index (χ1n) is 7.60. The van der Waals surface area contributed by atoms with Crippen molar-refractivity contribution in [2.45, 2.75) is 18.9 Å². The van der Waals surface area contributed by atoms with Gasteiger partial charge in [0.2, 0.25) is 0 Å². The molecule has 2 N–H and O–H groups in total. The summed E-state index contributed by atoms with van der Waals surface area (Å²) in [7, 11) is 0. The number of urea groups is 1. The summed E-state index contributed by atoms with van der Waals surface area (Å²) >= 11 is 1.60. The van der Waals surface area contributed by atoms with Gasteiger partial charge < -0.3 is 15.3 Å². The van der Waals surface area contributed by atoms with Crippen molar-refractivity contribution in [2.24, 2.45) is 0 Å². The Morgan fingerprint density at radius 2 is 2.22 bits per heavy atom. The smallest absolute Gasteiger partial charge is 0.321 e. The van der Waals surface area contributed by atoms with Gasteiger partial charge in [-0.2, -0.15) is 0 Å². The molecule has 118 valence electrons. The topological polar surface area (TPSA) is 52.6 Å². The highest BCUT2D eigenvalue weighted by Gasteiger charge is 2.21. The minimum absolute atomic E-state index is 0.174. The van der Waals surface area contributed by atoms with Gasteiger partial charge in [0, 0.05) is 24.3 Å². The third-order valence-electron chi connectivity index (χ3n) is 3.65. The van der Waals surface area contributed by atoms with Crippen LogP contribution in [0.4, 0.5) is 10.5 Å². The van der Waals surface area contributed by atoms with E-state index in [4.69, 9.17) is 0 Å². The van der Waals surface area contributed by atoms with E-state index in [-0.39, 0.29) is 6.03 Å². The average Bonchev–Trinajstić information content (AvgIpc) is 3.07. The van der Waals surface area contributed by atoms with Crippen LogP contribution in [0, 0.1) is 11.8 Å². The molecule has 5 heteroatoms. The van der Waals surface area contributed by atoms with E-state index in [0.29, 0.717) is 18.8 Å². The molecule has 0 bridgehead atoms. The van der Waals surface area contributed by atoms with E-state index in [1.807, 2.05) is 41.8 Å². The minimum atomic E-state index is -0.419. The zero-order chi connectivity index (χ0) is 16.1. The number of aliphatic hydroxyl groups is 1. The predicted molar refractivity (Wildman–Crippen MR) is 92.6 cm³/mol. The molecule has 1 aromatic heterocycles. The van der Waals surface area contributed by atoms with Gasteiger partial charge in [-0.15, -0.1) is 11.3 Å². The number of piperidine rings is 1. The normalized spacial score (nSPS) is 17.3. The summed E-state index contributed by atoms with van der Waals surface area (Å²) in [5.41, 5.74) is 1.57. The van der Waals surface area contributed by atoms with Gasteiger partial charge in [-0.3, -0.25) is 0 Å². The van der Waals surface area contributed by atoms with Crippen molar-refractivity contribution in [3.05, 3.63) is 52.2 Å². The second-order valence-corrected chi connectivity index (χ2v) is 6.43. The van der Waals surface area contributed by atoms with E-state index in [1.54, 1.807) is 16.2 Å². The highest BCUT2D eigenvalue weighted by atomic mass is 32.1. The molecule has 2 aromatic rings. The van der Waals surface area contributed by atoms with E-state index in [9.17, 15) is 9.90 Å².